The summed E-state index contributed by atoms with van der Waals surface area (Å²) in [6.45, 7) is 3.99. The fourth-order valence-electron chi connectivity index (χ4n) is 2.08. The number of sulfonamides is 1. The van der Waals surface area contributed by atoms with Gasteiger partial charge in [-0.1, -0.05) is 38.5 Å². The van der Waals surface area contributed by atoms with Crippen molar-refractivity contribution >= 4 is 27.7 Å². The summed E-state index contributed by atoms with van der Waals surface area (Å²) in [4.78, 5) is 11.8. The Labute approximate surface area is 151 Å². The van der Waals surface area contributed by atoms with Crippen LogP contribution in [0.2, 0.25) is 0 Å². The molecule has 1 aromatic heterocycles. The van der Waals surface area contributed by atoms with Crippen LogP contribution in [0.5, 0.6) is 0 Å². The Hall–Kier alpha value is -1.87. The molecule has 0 aliphatic rings. The van der Waals surface area contributed by atoms with Crippen LogP contribution in [0, 0.1) is 0 Å². The van der Waals surface area contributed by atoms with E-state index in [1.165, 1.54) is 23.9 Å². The number of hydrogen-bond donors (Lipinski definition) is 1. The first-order valence-corrected chi connectivity index (χ1v) is 10.6. The molecule has 0 saturated carbocycles. The van der Waals surface area contributed by atoms with Gasteiger partial charge in [0.2, 0.25) is 11.8 Å². The van der Waals surface area contributed by atoms with Crippen LogP contribution >= 0.6 is 11.8 Å². The normalized spacial score (nSPS) is 11.4. The molecule has 0 bridgehead atoms. The zero-order valence-electron chi connectivity index (χ0n) is 14.2. The predicted molar refractivity (Wildman–Crippen MR) is 95.6 cm³/mol. The maximum atomic E-state index is 12.2. The van der Waals surface area contributed by atoms with E-state index in [1.807, 2.05) is 13.8 Å². The van der Waals surface area contributed by atoms with Gasteiger partial charge in [0.1, 0.15) is 0 Å². The monoisotopic (exact) mass is 383 g/mol. The molecule has 0 aliphatic carbocycles. The molecule has 0 atom stereocenters. The van der Waals surface area contributed by atoms with Gasteiger partial charge >= 0.3 is 0 Å². The first kappa shape index (κ1) is 19.5. The molecule has 9 heteroatoms. The molecule has 25 heavy (non-hydrogen) atoms. The maximum absolute atomic E-state index is 12.2. The van der Waals surface area contributed by atoms with Gasteiger partial charge in [0, 0.05) is 12.0 Å². The van der Waals surface area contributed by atoms with E-state index in [4.69, 9.17) is 4.42 Å². The van der Waals surface area contributed by atoms with Gasteiger partial charge in [0.05, 0.1) is 4.90 Å². The smallest absolute Gasteiger partial charge is 0.276 e. The molecule has 0 saturated heterocycles. The van der Waals surface area contributed by atoms with Gasteiger partial charge in [0.15, 0.2) is 0 Å². The SMILES string of the molecule is CCCCCC(=O)NS(=O)(=O)c1ccc(-c2nnc(SCC)o2)cc1. The topological polar surface area (TPSA) is 102 Å². The van der Waals surface area contributed by atoms with Crippen molar-refractivity contribution in [2.75, 3.05) is 5.75 Å². The van der Waals surface area contributed by atoms with Gasteiger partial charge in [0.25, 0.3) is 15.2 Å². The van der Waals surface area contributed by atoms with Crippen molar-refractivity contribution in [2.45, 2.75) is 49.6 Å². The second-order valence-corrected chi connectivity index (χ2v) is 8.21. The molecule has 2 aromatic rings. The highest BCUT2D eigenvalue weighted by atomic mass is 32.2. The summed E-state index contributed by atoms with van der Waals surface area (Å²) in [5.74, 6) is 0.649. The number of carbonyl (C=O) groups is 1. The lowest BCUT2D eigenvalue weighted by Crippen LogP contribution is -2.30. The van der Waals surface area contributed by atoms with Crippen molar-refractivity contribution < 1.29 is 17.6 Å². The van der Waals surface area contributed by atoms with Crippen LogP contribution in [0.3, 0.4) is 0 Å². The van der Waals surface area contributed by atoms with E-state index >= 15 is 0 Å². The van der Waals surface area contributed by atoms with E-state index < -0.39 is 15.9 Å². The Balaban J connectivity index is 2.05. The predicted octanol–water partition coefficient (Wildman–Crippen LogP) is 3.23. The molecule has 0 aliphatic heterocycles. The maximum Gasteiger partial charge on any atom is 0.276 e. The summed E-state index contributed by atoms with van der Waals surface area (Å²) >= 11 is 1.43. The van der Waals surface area contributed by atoms with E-state index in [-0.39, 0.29) is 11.3 Å². The third-order valence-corrected chi connectivity index (χ3v) is 5.43. The van der Waals surface area contributed by atoms with Crippen LogP contribution in [-0.2, 0) is 14.8 Å². The number of thioether (sulfide) groups is 1. The number of rotatable bonds is 9. The van der Waals surface area contributed by atoms with E-state index in [0.717, 1.165) is 18.6 Å². The molecule has 0 radical (unpaired) electrons. The fraction of sp³-hybridized carbons (Fsp3) is 0.438. The van der Waals surface area contributed by atoms with E-state index in [2.05, 4.69) is 14.9 Å². The summed E-state index contributed by atoms with van der Waals surface area (Å²) in [5, 5.41) is 8.30. The summed E-state index contributed by atoms with van der Waals surface area (Å²) in [7, 11) is -3.87. The Morgan fingerprint density at radius 3 is 2.52 bits per heavy atom. The minimum absolute atomic E-state index is 0.0164. The van der Waals surface area contributed by atoms with Crippen molar-refractivity contribution in [2.24, 2.45) is 0 Å². The van der Waals surface area contributed by atoms with E-state index in [9.17, 15) is 13.2 Å². The molecule has 0 unspecified atom stereocenters. The quantitative estimate of drug-likeness (QED) is 0.524. The molecule has 136 valence electrons. The lowest BCUT2D eigenvalue weighted by molar-refractivity contribution is -0.119. The van der Waals surface area contributed by atoms with Crippen LogP contribution in [0.15, 0.2) is 38.8 Å². The van der Waals surface area contributed by atoms with Crippen molar-refractivity contribution in [3.8, 4) is 11.5 Å². The summed E-state index contributed by atoms with van der Waals surface area (Å²) < 4.78 is 32.0. The van der Waals surface area contributed by atoms with Crippen LogP contribution < -0.4 is 4.72 Å². The Bertz CT molecular complexity index is 801. The molecule has 7 nitrogen and oxygen atoms in total. The van der Waals surface area contributed by atoms with Gasteiger partial charge in [-0.2, -0.15) is 0 Å². The number of hydrogen-bond acceptors (Lipinski definition) is 7. The Morgan fingerprint density at radius 2 is 1.88 bits per heavy atom. The second-order valence-electron chi connectivity index (χ2n) is 5.32. The number of unbranched alkanes of at least 4 members (excludes halogenated alkanes) is 2. The highest BCUT2D eigenvalue weighted by molar-refractivity contribution is 7.99. The number of nitrogens with one attached hydrogen (secondary N) is 1. The van der Waals surface area contributed by atoms with Crippen molar-refractivity contribution in [1.82, 2.24) is 14.9 Å². The number of benzene rings is 1. The van der Waals surface area contributed by atoms with Gasteiger partial charge in [-0.05, 0) is 36.4 Å². The fourth-order valence-corrected chi connectivity index (χ4v) is 3.58. The van der Waals surface area contributed by atoms with E-state index in [0.29, 0.717) is 23.1 Å². The lowest BCUT2D eigenvalue weighted by Gasteiger charge is -2.07. The lowest BCUT2D eigenvalue weighted by atomic mass is 10.2. The highest BCUT2D eigenvalue weighted by Crippen LogP contribution is 2.24. The van der Waals surface area contributed by atoms with Gasteiger partial charge in [-0.25, -0.2) is 13.1 Å². The number of amides is 1. The van der Waals surface area contributed by atoms with Crippen LogP contribution in [0.1, 0.15) is 39.5 Å². The second kappa shape index (κ2) is 9.00. The molecule has 0 spiro atoms. The molecule has 1 aromatic carbocycles. The average Bonchev–Trinajstić information content (AvgIpc) is 3.04. The standard InChI is InChI=1S/C16H21N3O4S2/c1-3-5-6-7-14(20)19-25(21,22)13-10-8-12(9-11-13)15-17-18-16(23-15)24-4-2/h8-11H,3-7H2,1-2H3,(H,19,20). The van der Waals surface area contributed by atoms with Crippen LogP contribution in [0.25, 0.3) is 11.5 Å². The van der Waals surface area contributed by atoms with Crippen molar-refractivity contribution in [3.63, 3.8) is 0 Å². The number of carbonyl (C=O) groups excluding carboxylic acids is 1. The minimum atomic E-state index is -3.87. The molecule has 1 amide bonds. The molecule has 0 fully saturated rings. The van der Waals surface area contributed by atoms with Crippen LogP contribution in [-0.4, -0.2) is 30.3 Å². The number of aromatic nitrogens is 2. The first-order valence-electron chi connectivity index (χ1n) is 8.08. The van der Waals surface area contributed by atoms with E-state index in [1.54, 1.807) is 12.1 Å². The number of nitrogens with zero attached hydrogens (tertiary/aromatic N) is 2. The van der Waals surface area contributed by atoms with Gasteiger partial charge < -0.3 is 4.42 Å². The van der Waals surface area contributed by atoms with Crippen molar-refractivity contribution in [1.29, 1.82) is 0 Å². The summed E-state index contributed by atoms with van der Waals surface area (Å²) in [5.41, 5.74) is 0.615. The molecular weight excluding hydrogens is 362 g/mol. The third-order valence-electron chi connectivity index (χ3n) is 3.34. The Kier molecular flexibility index (Phi) is 7.01. The highest BCUT2D eigenvalue weighted by Gasteiger charge is 2.18. The first-order chi connectivity index (χ1) is 12.0. The minimum Gasteiger partial charge on any atom is -0.411 e. The van der Waals surface area contributed by atoms with Gasteiger partial charge in [-0.15, -0.1) is 10.2 Å². The zero-order chi connectivity index (χ0) is 18.3. The molecule has 2 rings (SSSR count). The summed E-state index contributed by atoms with van der Waals surface area (Å²) in [6.07, 6.45) is 2.73. The molecule has 1 N–H and O–H groups in total. The van der Waals surface area contributed by atoms with Gasteiger partial charge in [-0.3, -0.25) is 4.79 Å². The molecular formula is C16H21N3O4S2. The zero-order valence-corrected chi connectivity index (χ0v) is 15.8. The Morgan fingerprint density at radius 1 is 1.16 bits per heavy atom. The third kappa shape index (κ3) is 5.57. The summed E-state index contributed by atoms with van der Waals surface area (Å²) in [6, 6.07) is 5.97. The van der Waals surface area contributed by atoms with Crippen LogP contribution in [0.4, 0.5) is 0 Å². The molecule has 1 heterocycles. The average molecular weight is 383 g/mol. The largest absolute Gasteiger partial charge is 0.411 e. The van der Waals surface area contributed by atoms with Crippen molar-refractivity contribution in [3.05, 3.63) is 24.3 Å².